The molecule has 0 spiro atoms. The van der Waals surface area contributed by atoms with Gasteiger partial charge < -0.3 is 4.98 Å². The third kappa shape index (κ3) is 3.44. The summed E-state index contributed by atoms with van der Waals surface area (Å²) < 4.78 is 0. The lowest BCUT2D eigenvalue weighted by atomic mass is 9.77. The first-order valence-electron chi connectivity index (χ1n) is 9.73. The van der Waals surface area contributed by atoms with E-state index in [-0.39, 0.29) is 0 Å². The lowest BCUT2D eigenvalue weighted by molar-refractivity contribution is 0.321. The SMILES string of the molecule is Clc1ccc2[nH]c(C[C@H]3CC[C@@H](c4ccc5ncccc5c4)CC3)nc2c1. The molecule has 0 aliphatic heterocycles. The predicted molar refractivity (Wildman–Crippen MR) is 111 cm³/mol. The van der Waals surface area contributed by atoms with Crippen LogP contribution in [0.3, 0.4) is 0 Å². The zero-order valence-corrected chi connectivity index (χ0v) is 15.9. The Labute approximate surface area is 163 Å². The summed E-state index contributed by atoms with van der Waals surface area (Å²) in [6.07, 6.45) is 7.91. The maximum absolute atomic E-state index is 6.07. The summed E-state index contributed by atoms with van der Waals surface area (Å²) in [5.41, 5.74) is 4.59. The van der Waals surface area contributed by atoms with E-state index < -0.39 is 0 Å². The van der Waals surface area contributed by atoms with E-state index in [1.807, 2.05) is 30.5 Å². The molecule has 5 rings (SSSR count). The molecule has 1 fully saturated rings. The van der Waals surface area contributed by atoms with Crippen molar-refractivity contribution in [1.82, 2.24) is 15.0 Å². The molecule has 27 heavy (non-hydrogen) atoms. The largest absolute Gasteiger partial charge is 0.342 e. The fraction of sp³-hybridized carbons (Fsp3) is 0.304. The molecule has 0 bridgehead atoms. The van der Waals surface area contributed by atoms with Gasteiger partial charge in [0.1, 0.15) is 5.82 Å². The summed E-state index contributed by atoms with van der Waals surface area (Å²) in [5.74, 6) is 2.47. The van der Waals surface area contributed by atoms with E-state index in [1.54, 1.807) is 0 Å². The number of halogens is 1. The van der Waals surface area contributed by atoms with Crippen LogP contribution in [-0.2, 0) is 6.42 Å². The second-order valence-corrected chi connectivity index (χ2v) is 8.16. The van der Waals surface area contributed by atoms with Gasteiger partial charge in [0.05, 0.1) is 16.6 Å². The molecule has 1 aliphatic rings. The molecule has 3 nitrogen and oxygen atoms in total. The molecule has 2 aromatic carbocycles. The summed E-state index contributed by atoms with van der Waals surface area (Å²) in [6, 6.07) is 16.8. The van der Waals surface area contributed by atoms with E-state index in [0.29, 0.717) is 11.8 Å². The Morgan fingerprint density at radius 3 is 2.74 bits per heavy atom. The number of benzene rings is 2. The molecule has 0 atom stereocenters. The molecule has 4 heteroatoms. The number of nitrogens with one attached hydrogen (secondary N) is 1. The number of H-pyrrole nitrogens is 1. The molecule has 2 heterocycles. The van der Waals surface area contributed by atoms with Crippen LogP contribution in [0, 0.1) is 5.92 Å². The molecule has 4 aromatic rings. The average Bonchev–Trinajstić information content (AvgIpc) is 3.09. The van der Waals surface area contributed by atoms with E-state index in [4.69, 9.17) is 16.6 Å². The van der Waals surface area contributed by atoms with Crippen molar-refractivity contribution < 1.29 is 0 Å². The van der Waals surface area contributed by atoms with Gasteiger partial charge in [0.2, 0.25) is 0 Å². The zero-order valence-electron chi connectivity index (χ0n) is 15.2. The number of hydrogen-bond donors (Lipinski definition) is 1. The van der Waals surface area contributed by atoms with Crippen molar-refractivity contribution in [2.24, 2.45) is 5.92 Å². The van der Waals surface area contributed by atoms with E-state index >= 15 is 0 Å². The quantitative estimate of drug-likeness (QED) is 0.457. The standard InChI is InChI=1S/C23H22ClN3/c24-19-8-10-21-22(14-19)27-23(26-21)12-15-3-5-16(6-4-15)17-7-9-20-18(13-17)2-1-11-25-20/h1-2,7-11,13-16H,3-6,12H2,(H,26,27)/t15-,16+. The third-order valence-corrected chi connectivity index (χ3v) is 6.16. The number of rotatable bonds is 3. The number of aromatic nitrogens is 3. The van der Waals surface area contributed by atoms with Crippen LogP contribution in [0.25, 0.3) is 21.9 Å². The minimum Gasteiger partial charge on any atom is -0.342 e. The number of nitrogens with zero attached hydrogens (tertiary/aromatic N) is 2. The molecular formula is C23H22ClN3. The Balaban J connectivity index is 1.26. The molecule has 136 valence electrons. The normalized spacial score (nSPS) is 20.3. The highest BCUT2D eigenvalue weighted by molar-refractivity contribution is 6.31. The van der Waals surface area contributed by atoms with Gasteiger partial charge in [-0.3, -0.25) is 4.98 Å². The highest BCUT2D eigenvalue weighted by Crippen LogP contribution is 2.37. The van der Waals surface area contributed by atoms with Gasteiger partial charge in [-0.05, 0) is 79.5 Å². The minimum atomic E-state index is 0.667. The van der Waals surface area contributed by atoms with Crippen LogP contribution in [0.5, 0.6) is 0 Å². The van der Waals surface area contributed by atoms with Gasteiger partial charge in [0, 0.05) is 23.0 Å². The van der Waals surface area contributed by atoms with Crippen LogP contribution in [0.15, 0.2) is 54.7 Å². The van der Waals surface area contributed by atoms with E-state index in [2.05, 4.69) is 34.2 Å². The van der Waals surface area contributed by atoms with E-state index in [1.165, 1.54) is 36.6 Å². The van der Waals surface area contributed by atoms with Crippen molar-refractivity contribution in [1.29, 1.82) is 0 Å². The third-order valence-electron chi connectivity index (χ3n) is 5.92. The number of hydrogen-bond acceptors (Lipinski definition) is 2. The van der Waals surface area contributed by atoms with E-state index in [9.17, 15) is 0 Å². The van der Waals surface area contributed by atoms with Crippen LogP contribution in [0.2, 0.25) is 5.02 Å². The first-order chi connectivity index (χ1) is 13.2. The Kier molecular flexibility index (Phi) is 4.33. The van der Waals surface area contributed by atoms with Crippen molar-refractivity contribution >= 4 is 33.5 Å². The fourth-order valence-corrected chi connectivity index (χ4v) is 4.62. The highest BCUT2D eigenvalue weighted by atomic mass is 35.5. The molecule has 1 saturated carbocycles. The highest BCUT2D eigenvalue weighted by Gasteiger charge is 2.23. The summed E-state index contributed by atoms with van der Waals surface area (Å²) in [5, 5.41) is 1.99. The van der Waals surface area contributed by atoms with Crippen molar-refractivity contribution in [3.63, 3.8) is 0 Å². The summed E-state index contributed by atoms with van der Waals surface area (Å²) in [4.78, 5) is 12.6. The smallest absolute Gasteiger partial charge is 0.107 e. The van der Waals surface area contributed by atoms with Crippen LogP contribution in [-0.4, -0.2) is 15.0 Å². The van der Waals surface area contributed by atoms with Gasteiger partial charge in [-0.2, -0.15) is 0 Å². The van der Waals surface area contributed by atoms with Gasteiger partial charge in [-0.1, -0.05) is 23.7 Å². The first kappa shape index (κ1) is 16.8. The lowest BCUT2D eigenvalue weighted by Gasteiger charge is -2.28. The summed E-state index contributed by atoms with van der Waals surface area (Å²) >= 11 is 6.07. The first-order valence-corrected chi connectivity index (χ1v) is 10.1. The van der Waals surface area contributed by atoms with Gasteiger partial charge >= 0.3 is 0 Å². The molecule has 0 saturated heterocycles. The predicted octanol–water partition coefficient (Wildman–Crippen LogP) is 6.28. The summed E-state index contributed by atoms with van der Waals surface area (Å²) in [7, 11) is 0. The Hall–Kier alpha value is -2.39. The van der Waals surface area contributed by atoms with Crippen LogP contribution in [0.1, 0.15) is 43.0 Å². The van der Waals surface area contributed by atoms with Crippen LogP contribution in [0.4, 0.5) is 0 Å². The zero-order chi connectivity index (χ0) is 18.2. The van der Waals surface area contributed by atoms with Crippen LogP contribution >= 0.6 is 11.6 Å². The Bertz CT molecular complexity index is 1090. The van der Waals surface area contributed by atoms with Gasteiger partial charge in [0.15, 0.2) is 0 Å². The van der Waals surface area contributed by atoms with Crippen molar-refractivity contribution in [2.45, 2.75) is 38.0 Å². The maximum atomic E-state index is 6.07. The second kappa shape index (κ2) is 6.97. The van der Waals surface area contributed by atoms with Crippen molar-refractivity contribution in [3.05, 3.63) is 71.1 Å². The average molecular weight is 376 g/mol. The molecule has 0 unspecified atom stereocenters. The monoisotopic (exact) mass is 375 g/mol. The number of imidazole rings is 1. The number of pyridine rings is 1. The Morgan fingerprint density at radius 1 is 0.963 bits per heavy atom. The van der Waals surface area contributed by atoms with E-state index in [0.717, 1.165) is 33.8 Å². The maximum Gasteiger partial charge on any atom is 0.107 e. The lowest BCUT2D eigenvalue weighted by Crippen LogP contribution is -2.15. The van der Waals surface area contributed by atoms with Crippen molar-refractivity contribution in [2.75, 3.05) is 0 Å². The van der Waals surface area contributed by atoms with Crippen molar-refractivity contribution in [3.8, 4) is 0 Å². The fourth-order valence-electron chi connectivity index (χ4n) is 4.45. The van der Waals surface area contributed by atoms with Gasteiger partial charge in [-0.15, -0.1) is 0 Å². The molecule has 1 aliphatic carbocycles. The molecule has 0 radical (unpaired) electrons. The van der Waals surface area contributed by atoms with Gasteiger partial charge in [0.25, 0.3) is 0 Å². The molecule has 1 N–H and O–H groups in total. The number of fused-ring (bicyclic) bond motifs is 2. The minimum absolute atomic E-state index is 0.667. The second-order valence-electron chi connectivity index (χ2n) is 7.72. The number of aromatic amines is 1. The Morgan fingerprint density at radius 2 is 1.85 bits per heavy atom. The molecule has 0 amide bonds. The van der Waals surface area contributed by atoms with Crippen LogP contribution < -0.4 is 0 Å². The molecular weight excluding hydrogens is 354 g/mol. The summed E-state index contributed by atoms with van der Waals surface area (Å²) in [6.45, 7) is 0. The topological polar surface area (TPSA) is 41.6 Å². The van der Waals surface area contributed by atoms with Gasteiger partial charge in [-0.25, -0.2) is 4.98 Å². The molecule has 2 aromatic heterocycles.